The number of hydrogen-bond donors (Lipinski definition) is 1. The predicted octanol–water partition coefficient (Wildman–Crippen LogP) is 4.44. The summed E-state index contributed by atoms with van der Waals surface area (Å²) in [4.78, 5) is 9.29. The first kappa shape index (κ1) is 15.0. The third-order valence-electron chi connectivity index (χ3n) is 5.49. The van der Waals surface area contributed by atoms with E-state index in [1.807, 2.05) is 13.0 Å². The number of nitrogens with one attached hydrogen (secondary N) is 1. The van der Waals surface area contributed by atoms with Crippen LogP contribution in [0.4, 0.5) is 13.2 Å². The monoisotopic (exact) mass is 323 g/mol. The van der Waals surface area contributed by atoms with E-state index in [9.17, 15) is 13.2 Å². The number of rotatable bonds is 2. The summed E-state index contributed by atoms with van der Waals surface area (Å²) in [6.07, 6.45) is -0.682. The summed E-state index contributed by atoms with van der Waals surface area (Å²) in [6.45, 7) is 5.67. The molecule has 4 rings (SSSR count). The SMILES string of the molecule is Cc1nc2c(C(F)(F)F)cc(C(C)N3CCC4(CC4)C3)cc2[nH]1. The third kappa shape index (κ3) is 2.53. The smallest absolute Gasteiger partial charge is 0.342 e. The quantitative estimate of drug-likeness (QED) is 0.886. The molecule has 0 bridgehead atoms. The molecule has 1 saturated carbocycles. The molecule has 1 aliphatic heterocycles. The molecule has 1 N–H and O–H groups in total. The lowest BCUT2D eigenvalue weighted by atomic mass is 10.0. The van der Waals surface area contributed by atoms with Crippen molar-refractivity contribution in [1.29, 1.82) is 0 Å². The van der Waals surface area contributed by atoms with Crippen LogP contribution in [0.3, 0.4) is 0 Å². The fourth-order valence-corrected chi connectivity index (χ4v) is 3.82. The van der Waals surface area contributed by atoms with Gasteiger partial charge in [-0.15, -0.1) is 0 Å². The number of alkyl halides is 3. The highest BCUT2D eigenvalue weighted by molar-refractivity contribution is 5.80. The second-order valence-electron chi connectivity index (χ2n) is 7.18. The second kappa shape index (κ2) is 4.72. The topological polar surface area (TPSA) is 31.9 Å². The van der Waals surface area contributed by atoms with Gasteiger partial charge in [0.1, 0.15) is 11.3 Å². The molecule has 6 heteroatoms. The molecule has 124 valence electrons. The maximum atomic E-state index is 13.4. The standard InChI is InChI=1S/C17H20F3N3/c1-10(23-6-5-16(9-23)3-4-16)12-7-13(17(18,19)20)15-14(8-12)21-11(2)22-15/h7-8,10H,3-6,9H2,1-2H3,(H,21,22). The van der Waals surface area contributed by atoms with Gasteiger partial charge in [-0.25, -0.2) is 4.98 Å². The Balaban J connectivity index is 1.74. The summed E-state index contributed by atoms with van der Waals surface area (Å²) in [7, 11) is 0. The van der Waals surface area contributed by atoms with Crippen molar-refractivity contribution in [2.45, 2.75) is 45.3 Å². The van der Waals surface area contributed by atoms with Gasteiger partial charge in [-0.05, 0) is 62.8 Å². The Kier molecular flexibility index (Phi) is 3.08. The first-order valence-corrected chi connectivity index (χ1v) is 8.09. The van der Waals surface area contributed by atoms with Gasteiger partial charge in [0.25, 0.3) is 0 Å². The van der Waals surface area contributed by atoms with Crippen molar-refractivity contribution >= 4 is 11.0 Å². The van der Waals surface area contributed by atoms with Crippen LogP contribution in [0.2, 0.25) is 0 Å². The average molecular weight is 323 g/mol. The van der Waals surface area contributed by atoms with Crippen LogP contribution in [0, 0.1) is 12.3 Å². The summed E-state index contributed by atoms with van der Waals surface area (Å²) in [6, 6.07) is 3.10. The van der Waals surface area contributed by atoms with Crippen molar-refractivity contribution in [3.8, 4) is 0 Å². The molecule has 1 spiro atoms. The van der Waals surface area contributed by atoms with Gasteiger partial charge in [-0.1, -0.05) is 0 Å². The van der Waals surface area contributed by atoms with Gasteiger partial charge in [0.15, 0.2) is 0 Å². The van der Waals surface area contributed by atoms with E-state index in [2.05, 4.69) is 14.9 Å². The van der Waals surface area contributed by atoms with Crippen molar-refractivity contribution in [2.24, 2.45) is 5.41 Å². The third-order valence-corrected chi connectivity index (χ3v) is 5.49. The van der Waals surface area contributed by atoms with Gasteiger partial charge in [0.05, 0.1) is 11.1 Å². The zero-order valence-corrected chi connectivity index (χ0v) is 13.3. The van der Waals surface area contributed by atoms with E-state index in [0.717, 1.165) is 13.1 Å². The number of nitrogens with zero attached hydrogens (tertiary/aromatic N) is 2. The van der Waals surface area contributed by atoms with Gasteiger partial charge in [0.2, 0.25) is 0 Å². The summed E-state index contributed by atoms with van der Waals surface area (Å²) in [5.74, 6) is 0.508. The fraction of sp³-hybridized carbons (Fsp3) is 0.588. The maximum Gasteiger partial charge on any atom is 0.418 e. The lowest BCUT2D eigenvalue weighted by Gasteiger charge is -2.25. The van der Waals surface area contributed by atoms with Gasteiger partial charge in [-0.2, -0.15) is 13.2 Å². The predicted molar refractivity (Wildman–Crippen MR) is 82.1 cm³/mol. The van der Waals surface area contributed by atoms with Gasteiger partial charge < -0.3 is 4.98 Å². The molecule has 2 fully saturated rings. The Morgan fingerprint density at radius 3 is 2.61 bits per heavy atom. The summed E-state index contributed by atoms with van der Waals surface area (Å²) in [5.41, 5.74) is 1.04. The molecule has 1 saturated heterocycles. The number of aromatic nitrogens is 2. The summed E-state index contributed by atoms with van der Waals surface area (Å²) in [5, 5.41) is 0. The zero-order valence-electron chi connectivity index (χ0n) is 13.3. The molecule has 2 aliphatic rings. The minimum Gasteiger partial charge on any atom is -0.342 e. The van der Waals surface area contributed by atoms with Gasteiger partial charge in [0, 0.05) is 12.6 Å². The Morgan fingerprint density at radius 2 is 2.00 bits per heavy atom. The molecule has 3 nitrogen and oxygen atoms in total. The molecule has 0 amide bonds. The molecule has 1 atom stereocenters. The number of aromatic amines is 1. The minimum atomic E-state index is -4.39. The number of hydrogen-bond acceptors (Lipinski definition) is 2. The van der Waals surface area contributed by atoms with Gasteiger partial charge in [-0.3, -0.25) is 4.90 Å². The normalized spacial score (nSPS) is 22.1. The van der Waals surface area contributed by atoms with E-state index in [4.69, 9.17) is 0 Å². The molecule has 1 aliphatic carbocycles. The molecular weight excluding hydrogens is 303 g/mol. The number of fused-ring (bicyclic) bond motifs is 1. The highest BCUT2D eigenvalue weighted by Gasteiger charge is 2.48. The van der Waals surface area contributed by atoms with Crippen LogP contribution < -0.4 is 0 Å². The fourth-order valence-electron chi connectivity index (χ4n) is 3.82. The highest BCUT2D eigenvalue weighted by atomic mass is 19.4. The van der Waals surface area contributed by atoms with Crippen LogP contribution in [-0.2, 0) is 6.18 Å². The van der Waals surface area contributed by atoms with Crippen LogP contribution in [-0.4, -0.2) is 28.0 Å². The van der Waals surface area contributed by atoms with Crippen LogP contribution in [0.5, 0.6) is 0 Å². The maximum absolute atomic E-state index is 13.4. The number of benzene rings is 1. The molecular formula is C17H20F3N3. The number of aryl methyl sites for hydroxylation is 1. The van der Waals surface area contributed by atoms with Crippen LogP contribution in [0.25, 0.3) is 11.0 Å². The van der Waals surface area contributed by atoms with Crippen LogP contribution >= 0.6 is 0 Å². The Bertz CT molecular complexity index is 758. The number of halogens is 3. The van der Waals surface area contributed by atoms with Crippen molar-refractivity contribution in [2.75, 3.05) is 13.1 Å². The molecule has 0 radical (unpaired) electrons. The largest absolute Gasteiger partial charge is 0.418 e. The molecule has 23 heavy (non-hydrogen) atoms. The van der Waals surface area contributed by atoms with Crippen molar-refractivity contribution in [3.05, 3.63) is 29.1 Å². The highest BCUT2D eigenvalue weighted by Crippen LogP contribution is 2.54. The number of imidazole rings is 1. The van der Waals surface area contributed by atoms with Crippen molar-refractivity contribution in [1.82, 2.24) is 14.9 Å². The average Bonchev–Trinajstić information content (AvgIpc) is 2.91. The van der Waals surface area contributed by atoms with Crippen LogP contribution in [0.1, 0.15) is 49.2 Å². The molecule has 1 unspecified atom stereocenters. The molecule has 2 aromatic rings. The number of H-pyrrole nitrogens is 1. The zero-order chi connectivity index (χ0) is 16.4. The van der Waals surface area contributed by atoms with E-state index in [1.54, 1.807) is 6.92 Å². The van der Waals surface area contributed by atoms with E-state index in [1.165, 1.54) is 25.3 Å². The Morgan fingerprint density at radius 1 is 1.26 bits per heavy atom. The number of likely N-dealkylation sites (tertiary alicyclic amines) is 1. The molecule has 2 heterocycles. The minimum absolute atomic E-state index is 0.0101. The lowest BCUT2D eigenvalue weighted by molar-refractivity contribution is -0.136. The molecule has 1 aromatic heterocycles. The van der Waals surface area contributed by atoms with Gasteiger partial charge >= 0.3 is 6.18 Å². The summed E-state index contributed by atoms with van der Waals surface area (Å²) >= 11 is 0. The van der Waals surface area contributed by atoms with E-state index >= 15 is 0 Å². The lowest BCUT2D eigenvalue weighted by Crippen LogP contribution is -2.25. The van der Waals surface area contributed by atoms with Crippen molar-refractivity contribution in [3.63, 3.8) is 0 Å². The van der Waals surface area contributed by atoms with Crippen molar-refractivity contribution < 1.29 is 13.2 Å². The first-order chi connectivity index (χ1) is 10.8. The molecule has 1 aromatic carbocycles. The second-order valence-corrected chi connectivity index (χ2v) is 7.18. The Labute approximate surface area is 132 Å². The first-order valence-electron chi connectivity index (χ1n) is 8.09. The van der Waals surface area contributed by atoms with Crippen LogP contribution in [0.15, 0.2) is 12.1 Å². The van der Waals surface area contributed by atoms with E-state index in [-0.39, 0.29) is 11.6 Å². The Hall–Kier alpha value is -1.56. The van der Waals surface area contributed by atoms with E-state index < -0.39 is 11.7 Å². The van der Waals surface area contributed by atoms with E-state index in [0.29, 0.717) is 22.3 Å². The summed E-state index contributed by atoms with van der Waals surface area (Å²) < 4.78 is 40.2.